The molecule has 0 aliphatic heterocycles. The molecule has 0 unspecified atom stereocenters. The molecule has 2 aromatic carbocycles. The van der Waals surface area contributed by atoms with Crippen molar-refractivity contribution in [2.24, 2.45) is 5.73 Å². The third-order valence-electron chi connectivity index (χ3n) is 4.52. The van der Waals surface area contributed by atoms with Crippen LogP contribution in [0.25, 0.3) is 15.9 Å². The van der Waals surface area contributed by atoms with Gasteiger partial charge in [-0.05, 0) is 23.8 Å². The molecule has 2 aromatic heterocycles. The predicted octanol–water partition coefficient (Wildman–Crippen LogP) is 3.58. The van der Waals surface area contributed by atoms with Crippen molar-refractivity contribution < 1.29 is 9.59 Å². The second kappa shape index (κ2) is 7.25. The van der Waals surface area contributed by atoms with Gasteiger partial charge in [0.15, 0.2) is 5.78 Å². The van der Waals surface area contributed by atoms with E-state index in [1.165, 1.54) is 6.07 Å². The molecule has 0 saturated heterocycles. The maximum atomic E-state index is 12.7. The predicted molar refractivity (Wildman–Crippen MR) is 110 cm³/mol. The smallest absolute Gasteiger partial charge is 0.259 e. The van der Waals surface area contributed by atoms with E-state index in [9.17, 15) is 14.4 Å². The number of benzene rings is 2. The fourth-order valence-electron chi connectivity index (χ4n) is 3.21. The van der Waals surface area contributed by atoms with Crippen molar-refractivity contribution in [3.8, 4) is 5.69 Å². The maximum absolute atomic E-state index is 12.7. The average molecular weight is 388 g/mol. The lowest BCUT2D eigenvalue weighted by atomic mass is 10.0. The number of para-hydroxylation sites is 1. The quantitative estimate of drug-likeness (QED) is 0.531. The first-order valence-electron chi connectivity index (χ1n) is 8.67. The number of thiophene rings is 1. The first-order valence-corrected chi connectivity index (χ1v) is 9.49. The molecule has 0 atom stereocenters. The van der Waals surface area contributed by atoms with Crippen molar-refractivity contribution in [1.82, 2.24) is 4.57 Å². The number of nitrogens with zero attached hydrogens (tertiary/aromatic N) is 1. The zero-order valence-electron chi connectivity index (χ0n) is 14.8. The monoisotopic (exact) mass is 388 g/mol. The summed E-state index contributed by atoms with van der Waals surface area (Å²) in [5.74, 6) is -0.718. The molecule has 138 valence electrons. The summed E-state index contributed by atoms with van der Waals surface area (Å²) >= 11 is 1.14. The molecule has 0 radical (unpaired) electrons. The highest BCUT2D eigenvalue weighted by Crippen LogP contribution is 2.32. The van der Waals surface area contributed by atoms with Crippen LogP contribution in [-0.2, 0) is 6.42 Å². The molecule has 0 fully saturated rings. The van der Waals surface area contributed by atoms with E-state index in [0.29, 0.717) is 31.9 Å². The van der Waals surface area contributed by atoms with Gasteiger partial charge in [0.2, 0.25) is 0 Å². The highest BCUT2D eigenvalue weighted by Gasteiger charge is 2.22. The molecular formula is C22H16N2O3S. The lowest BCUT2D eigenvalue weighted by Gasteiger charge is -2.07. The molecule has 0 bridgehead atoms. The van der Waals surface area contributed by atoms with Crippen molar-refractivity contribution in [2.45, 2.75) is 6.42 Å². The number of rotatable bonds is 5. The number of ketones is 1. The van der Waals surface area contributed by atoms with E-state index in [0.717, 1.165) is 11.3 Å². The number of hydrogen-bond acceptors (Lipinski definition) is 4. The Morgan fingerprint density at radius 1 is 0.893 bits per heavy atom. The first-order chi connectivity index (χ1) is 13.6. The Morgan fingerprint density at radius 3 is 2.18 bits per heavy atom. The SMILES string of the molecule is NC(=O)c1sc2c(ccc(=O)n2-c2ccccc2)c1CC(=O)c1ccccc1. The van der Waals surface area contributed by atoms with Gasteiger partial charge in [0, 0.05) is 23.4 Å². The van der Waals surface area contributed by atoms with Gasteiger partial charge < -0.3 is 5.73 Å². The molecule has 2 N–H and O–H groups in total. The minimum Gasteiger partial charge on any atom is -0.365 e. The molecule has 0 aliphatic carbocycles. The fourth-order valence-corrected chi connectivity index (χ4v) is 4.40. The van der Waals surface area contributed by atoms with Crippen molar-refractivity contribution in [2.75, 3.05) is 0 Å². The number of hydrogen-bond donors (Lipinski definition) is 1. The number of Topliss-reactive ketones (excluding diaryl/α,β-unsaturated/α-hetero) is 1. The van der Waals surface area contributed by atoms with Crippen LogP contribution in [0.4, 0.5) is 0 Å². The Hall–Kier alpha value is -3.51. The van der Waals surface area contributed by atoms with E-state index in [-0.39, 0.29) is 17.8 Å². The van der Waals surface area contributed by atoms with Crippen LogP contribution >= 0.6 is 11.3 Å². The van der Waals surface area contributed by atoms with Gasteiger partial charge in [0.25, 0.3) is 11.5 Å². The van der Waals surface area contributed by atoms with Crippen LogP contribution in [0.2, 0.25) is 0 Å². The van der Waals surface area contributed by atoms with Gasteiger partial charge in [0.05, 0.1) is 10.6 Å². The summed E-state index contributed by atoms with van der Waals surface area (Å²) in [6.45, 7) is 0. The lowest BCUT2D eigenvalue weighted by molar-refractivity contribution is 0.0992. The van der Waals surface area contributed by atoms with Gasteiger partial charge in [-0.3, -0.25) is 19.0 Å². The Morgan fingerprint density at radius 2 is 1.54 bits per heavy atom. The number of primary amides is 1. The highest BCUT2D eigenvalue weighted by molar-refractivity contribution is 7.20. The molecule has 0 aliphatic rings. The van der Waals surface area contributed by atoms with Gasteiger partial charge in [-0.2, -0.15) is 0 Å². The maximum Gasteiger partial charge on any atom is 0.259 e. The molecule has 5 nitrogen and oxygen atoms in total. The van der Waals surface area contributed by atoms with Crippen molar-refractivity contribution in [3.63, 3.8) is 0 Å². The number of pyridine rings is 1. The Balaban J connectivity index is 1.92. The van der Waals surface area contributed by atoms with Gasteiger partial charge in [-0.25, -0.2) is 0 Å². The summed E-state index contributed by atoms with van der Waals surface area (Å²) in [6.07, 6.45) is 0.0370. The Labute approximate surface area is 164 Å². The second-order valence-electron chi connectivity index (χ2n) is 6.30. The number of fused-ring (bicyclic) bond motifs is 1. The van der Waals surface area contributed by atoms with E-state index >= 15 is 0 Å². The largest absolute Gasteiger partial charge is 0.365 e. The standard InChI is InChI=1S/C22H16N2O3S/c23-21(27)20-17(13-18(25)14-7-3-1-4-8-14)16-11-12-19(26)24(22(16)28-20)15-9-5-2-6-10-15/h1-12H,13H2,(H2,23,27). The van der Waals surface area contributed by atoms with Crippen LogP contribution < -0.4 is 11.3 Å². The summed E-state index contributed by atoms with van der Waals surface area (Å²) in [4.78, 5) is 38.3. The Kier molecular flexibility index (Phi) is 4.63. The number of amides is 1. The van der Waals surface area contributed by atoms with Crippen LogP contribution in [0.5, 0.6) is 0 Å². The van der Waals surface area contributed by atoms with E-state index < -0.39 is 5.91 Å². The van der Waals surface area contributed by atoms with E-state index in [4.69, 9.17) is 5.73 Å². The van der Waals surface area contributed by atoms with Crippen molar-refractivity contribution >= 4 is 33.2 Å². The summed E-state index contributed by atoms with van der Waals surface area (Å²) in [7, 11) is 0. The minimum atomic E-state index is -0.607. The zero-order chi connectivity index (χ0) is 19.7. The van der Waals surface area contributed by atoms with Gasteiger partial charge in [-0.15, -0.1) is 11.3 Å². The Bertz CT molecular complexity index is 1240. The summed E-state index contributed by atoms with van der Waals surface area (Å²) in [6, 6.07) is 21.2. The fraction of sp³-hybridized carbons (Fsp3) is 0.0455. The molecule has 28 heavy (non-hydrogen) atoms. The van der Waals surface area contributed by atoms with Gasteiger partial charge in [0.1, 0.15) is 4.83 Å². The summed E-state index contributed by atoms with van der Waals surface area (Å²) in [5, 5.41) is 0.687. The van der Waals surface area contributed by atoms with Crippen molar-refractivity contribution in [3.05, 3.63) is 99.2 Å². The number of aromatic nitrogens is 1. The molecule has 1 amide bonds. The first kappa shape index (κ1) is 17.9. The van der Waals surface area contributed by atoms with Crippen molar-refractivity contribution in [1.29, 1.82) is 0 Å². The second-order valence-corrected chi connectivity index (χ2v) is 7.30. The van der Waals surface area contributed by atoms with Crippen LogP contribution in [0.3, 0.4) is 0 Å². The number of carbonyl (C=O) groups is 2. The summed E-state index contributed by atoms with van der Waals surface area (Å²) in [5.41, 5.74) is 7.20. The number of carbonyl (C=O) groups excluding carboxylic acids is 2. The third-order valence-corrected chi connectivity index (χ3v) is 5.76. The average Bonchev–Trinajstić information content (AvgIpc) is 3.07. The molecule has 4 aromatic rings. The van der Waals surface area contributed by atoms with E-state index in [2.05, 4.69) is 0 Å². The van der Waals surface area contributed by atoms with Crippen LogP contribution in [0.15, 0.2) is 77.6 Å². The molecule has 0 saturated carbocycles. The molecule has 4 rings (SSSR count). The third kappa shape index (κ3) is 3.14. The van der Waals surface area contributed by atoms with Crippen LogP contribution in [0.1, 0.15) is 25.6 Å². The lowest BCUT2D eigenvalue weighted by Crippen LogP contribution is -2.16. The van der Waals surface area contributed by atoms with Gasteiger partial charge >= 0.3 is 0 Å². The highest BCUT2D eigenvalue weighted by atomic mass is 32.1. The van der Waals surface area contributed by atoms with Crippen LogP contribution in [-0.4, -0.2) is 16.3 Å². The molecule has 6 heteroatoms. The van der Waals surface area contributed by atoms with Gasteiger partial charge in [-0.1, -0.05) is 48.5 Å². The number of nitrogens with two attached hydrogens (primary N) is 1. The minimum absolute atomic E-state index is 0.0370. The molecule has 0 spiro atoms. The van der Waals surface area contributed by atoms with E-state index in [1.807, 2.05) is 36.4 Å². The van der Waals surface area contributed by atoms with Crippen LogP contribution in [0, 0.1) is 0 Å². The normalized spacial score (nSPS) is 10.9. The molecule has 2 heterocycles. The summed E-state index contributed by atoms with van der Waals surface area (Å²) < 4.78 is 1.54. The zero-order valence-corrected chi connectivity index (χ0v) is 15.6. The topological polar surface area (TPSA) is 82.2 Å². The van der Waals surface area contributed by atoms with E-state index in [1.54, 1.807) is 34.9 Å². The molecular weight excluding hydrogens is 372 g/mol.